The molecule has 0 heterocycles. The van der Waals surface area contributed by atoms with E-state index in [1.165, 1.54) is 7.11 Å². The fourth-order valence-corrected chi connectivity index (χ4v) is 1.66. The molecular weight excluding hydrogens is 319 g/mol. The van der Waals surface area contributed by atoms with Crippen molar-refractivity contribution in [1.82, 2.24) is 0 Å². The standard InChI is InChI=1S/C7H5IN2O5/c1-15-4-2-5(9(11)12)7(8)6(3-4)10(13)14/h2-3H,1H3. The number of benzene rings is 1. The van der Waals surface area contributed by atoms with Crippen molar-refractivity contribution in [3.63, 3.8) is 0 Å². The molecular formula is C7H5IN2O5. The van der Waals surface area contributed by atoms with Gasteiger partial charge in [-0.2, -0.15) is 0 Å². The Balaban J connectivity index is 3.47. The van der Waals surface area contributed by atoms with Crippen LogP contribution in [0, 0.1) is 23.8 Å². The highest BCUT2D eigenvalue weighted by atomic mass is 127. The van der Waals surface area contributed by atoms with E-state index in [2.05, 4.69) is 0 Å². The molecule has 0 atom stereocenters. The molecule has 0 amide bonds. The first kappa shape index (κ1) is 11.6. The first-order valence-electron chi connectivity index (χ1n) is 3.63. The normalized spacial score (nSPS) is 9.73. The SMILES string of the molecule is COc1cc([N+](=O)[O-])c(I)c([N+](=O)[O-])c1. The Morgan fingerprint density at radius 1 is 1.20 bits per heavy atom. The second kappa shape index (κ2) is 4.38. The molecule has 0 aliphatic rings. The van der Waals surface area contributed by atoms with Crippen LogP contribution in [0.5, 0.6) is 5.75 Å². The van der Waals surface area contributed by atoms with Gasteiger partial charge in [0.1, 0.15) is 5.75 Å². The van der Waals surface area contributed by atoms with E-state index >= 15 is 0 Å². The zero-order valence-corrected chi connectivity index (χ0v) is 9.63. The summed E-state index contributed by atoms with van der Waals surface area (Å²) in [5, 5.41) is 21.2. The summed E-state index contributed by atoms with van der Waals surface area (Å²) in [6.45, 7) is 0. The third-order valence-electron chi connectivity index (χ3n) is 1.64. The fourth-order valence-electron chi connectivity index (χ4n) is 0.953. The summed E-state index contributed by atoms with van der Waals surface area (Å²) in [4.78, 5) is 19.8. The van der Waals surface area contributed by atoms with E-state index in [0.29, 0.717) is 0 Å². The predicted molar refractivity (Wildman–Crippen MR) is 59.0 cm³/mol. The Morgan fingerprint density at radius 2 is 1.60 bits per heavy atom. The van der Waals surface area contributed by atoms with Gasteiger partial charge in [0, 0.05) is 0 Å². The van der Waals surface area contributed by atoms with E-state index in [-0.39, 0.29) is 20.7 Å². The number of hydrogen-bond acceptors (Lipinski definition) is 5. The van der Waals surface area contributed by atoms with Gasteiger partial charge >= 0.3 is 0 Å². The highest BCUT2D eigenvalue weighted by molar-refractivity contribution is 14.1. The van der Waals surface area contributed by atoms with Gasteiger partial charge in [-0.1, -0.05) is 0 Å². The highest BCUT2D eigenvalue weighted by Gasteiger charge is 2.24. The molecule has 0 N–H and O–H groups in total. The predicted octanol–water partition coefficient (Wildman–Crippen LogP) is 2.12. The first-order valence-corrected chi connectivity index (χ1v) is 4.71. The maximum absolute atomic E-state index is 10.6. The topological polar surface area (TPSA) is 95.5 Å². The number of nitro groups is 2. The number of ether oxygens (including phenoxy) is 1. The molecule has 0 aliphatic carbocycles. The lowest BCUT2D eigenvalue weighted by Crippen LogP contribution is -1.98. The number of methoxy groups -OCH3 is 1. The summed E-state index contributed by atoms with van der Waals surface area (Å²) >= 11 is 1.57. The van der Waals surface area contributed by atoms with Crippen molar-refractivity contribution in [2.45, 2.75) is 0 Å². The highest BCUT2D eigenvalue weighted by Crippen LogP contribution is 2.34. The van der Waals surface area contributed by atoms with Crippen molar-refractivity contribution in [1.29, 1.82) is 0 Å². The minimum Gasteiger partial charge on any atom is -0.496 e. The lowest BCUT2D eigenvalue weighted by Gasteiger charge is -2.01. The van der Waals surface area contributed by atoms with Crippen molar-refractivity contribution in [2.24, 2.45) is 0 Å². The molecule has 0 bridgehead atoms. The molecule has 0 aliphatic heterocycles. The Morgan fingerprint density at radius 3 is 1.87 bits per heavy atom. The number of nitrogens with zero attached hydrogens (tertiary/aromatic N) is 2. The Kier molecular flexibility index (Phi) is 3.39. The van der Waals surface area contributed by atoms with Gasteiger partial charge in [0.25, 0.3) is 11.4 Å². The molecule has 0 aromatic heterocycles. The molecule has 7 nitrogen and oxygen atoms in total. The van der Waals surface area contributed by atoms with Crippen LogP contribution in [0.15, 0.2) is 12.1 Å². The van der Waals surface area contributed by atoms with E-state index in [9.17, 15) is 20.2 Å². The van der Waals surface area contributed by atoms with Crippen LogP contribution < -0.4 is 4.74 Å². The van der Waals surface area contributed by atoms with Gasteiger partial charge in [0.15, 0.2) is 3.57 Å². The van der Waals surface area contributed by atoms with Crippen molar-refractivity contribution in [3.05, 3.63) is 35.9 Å². The smallest absolute Gasteiger partial charge is 0.293 e. The minimum absolute atomic E-state index is 0.0107. The Bertz CT molecular complexity index is 398. The van der Waals surface area contributed by atoms with Crippen LogP contribution in [0.2, 0.25) is 0 Å². The van der Waals surface area contributed by atoms with E-state index in [1.807, 2.05) is 0 Å². The Hall–Kier alpha value is -1.45. The van der Waals surface area contributed by atoms with Gasteiger partial charge in [-0.05, 0) is 22.6 Å². The molecule has 8 heteroatoms. The fraction of sp³-hybridized carbons (Fsp3) is 0.143. The van der Waals surface area contributed by atoms with Crippen molar-refractivity contribution < 1.29 is 14.6 Å². The minimum atomic E-state index is -0.683. The summed E-state index contributed by atoms with van der Waals surface area (Å²) in [5.74, 6) is 0.0915. The molecule has 1 rings (SSSR count). The summed E-state index contributed by atoms with van der Waals surface area (Å²) in [7, 11) is 1.29. The zero-order chi connectivity index (χ0) is 11.6. The van der Waals surface area contributed by atoms with Crippen molar-refractivity contribution in [2.75, 3.05) is 7.11 Å². The lowest BCUT2D eigenvalue weighted by molar-refractivity contribution is -0.396. The van der Waals surface area contributed by atoms with E-state index in [0.717, 1.165) is 12.1 Å². The van der Waals surface area contributed by atoms with Gasteiger partial charge in [0.05, 0.1) is 29.1 Å². The zero-order valence-electron chi connectivity index (χ0n) is 7.47. The summed E-state index contributed by atoms with van der Waals surface area (Å²) < 4.78 is 4.73. The van der Waals surface area contributed by atoms with E-state index in [1.54, 1.807) is 22.6 Å². The average Bonchev–Trinajstić information content (AvgIpc) is 2.17. The second-order valence-corrected chi connectivity index (χ2v) is 3.57. The van der Waals surface area contributed by atoms with Crippen LogP contribution in [-0.2, 0) is 0 Å². The summed E-state index contributed by atoms with van der Waals surface area (Å²) in [6.07, 6.45) is 0. The van der Waals surface area contributed by atoms with Gasteiger partial charge < -0.3 is 4.74 Å². The third kappa shape index (κ3) is 2.32. The molecule has 0 saturated carbocycles. The van der Waals surface area contributed by atoms with Crippen LogP contribution in [-0.4, -0.2) is 17.0 Å². The molecule has 0 unspecified atom stereocenters. The van der Waals surface area contributed by atoms with Crippen LogP contribution in [0.25, 0.3) is 0 Å². The van der Waals surface area contributed by atoms with Crippen LogP contribution in [0.4, 0.5) is 11.4 Å². The van der Waals surface area contributed by atoms with Crippen molar-refractivity contribution >= 4 is 34.0 Å². The van der Waals surface area contributed by atoms with E-state index in [4.69, 9.17) is 4.74 Å². The molecule has 1 aromatic carbocycles. The van der Waals surface area contributed by atoms with Crippen LogP contribution >= 0.6 is 22.6 Å². The molecule has 0 radical (unpaired) electrons. The largest absolute Gasteiger partial charge is 0.496 e. The molecule has 0 saturated heterocycles. The quantitative estimate of drug-likeness (QED) is 0.482. The van der Waals surface area contributed by atoms with Crippen molar-refractivity contribution in [3.8, 4) is 5.75 Å². The number of nitro benzene ring substituents is 2. The molecule has 1 aromatic rings. The molecule has 0 spiro atoms. The lowest BCUT2D eigenvalue weighted by atomic mass is 10.2. The number of halogens is 1. The van der Waals surface area contributed by atoms with Crippen LogP contribution in [0.1, 0.15) is 0 Å². The first-order chi connectivity index (χ1) is 6.97. The maximum Gasteiger partial charge on any atom is 0.293 e. The van der Waals surface area contributed by atoms with Gasteiger partial charge in [-0.3, -0.25) is 20.2 Å². The van der Waals surface area contributed by atoms with E-state index < -0.39 is 9.85 Å². The molecule has 80 valence electrons. The van der Waals surface area contributed by atoms with Gasteiger partial charge in [-0.15, -0.1) is 0 Å². The number of hydrogen-bond donors (Lipinski definition) is 0. The average molecular weight is 324 g/mol. The molecule has 15 heavy (non-hydrogen) atoms. The Labute approximate surface area is 97.5 Å². The monoisotopic (exact) mass is 324 g/mol. The maximum atomic E-state index is 10.6. The number of rotatable bonds is 3. The van der Waals surface area contributed by atoms with Gasteiger partial charge in [-0.25, -0.2) is 0 Å². The third-order valence-corrected chi connectivity index (χ3v) is 2.74. The molecule has 0 fully saturated rings. The summed E-state index contributed by atoms with van der Waals surface area (Å²) in [6, 6.07) is 2.30. The second-order valence-electron chi connectivity index (χ2n) is 2.49. The van der Waals surface area contributed by atoms with Crippen LogP contribution in [0.3, 0.4) is 0 Å². The summed E-state index contributed by atoms with van der Waals surface area (Å²) in [5.41, 5.74) is -0.664. The van der Waals surface area contributed by atoms with Gasteiger partial charge in [0.2, 0.25) is 0 Å².